The second-order valence-corrected chi connectivity index (χ2v) is 8.02. The summed E-state index contributed by atoms with van der Waals surface area (Å²) in [5, 5.41) is 14.7. The van der Waals surface area contributed by atoms with Crippen molar-refractivity contribution < 1.29 is 9.32 Å². The van der Waals surface area contributed by atoms with Crippen LogP contribution in [-0.4, -0.2) is 33.5 Å². The summed E-state index contributed by atoms with van der Waals surface area (Å²) in [5.74, 6) is 6.35. The second kappa shape index (κ2) is 6.89. The second-order valence-electron chi connectivity index (χ2n) is 7.02. The fourth-order valence-electron chi connectivity index (χ4n) is 3.75. The molecule has 4 rings (SSSR count). The summed E-state index contributed by atoms with van der Waals surface area (Å²) in [6.45, 7) is 6.23. The van der Waals surface area contributed by atoms with Crippen molar-refractivity contribution in [3.63, 3.8) is 0 Å². The average Bonchev–Trinajstić information content (AvgIpc) is 3.36. The molecule has 0 unspecified atom stereocenters. The first-order valence-corrected chi connectivity index (χ1v) is 9.81. The Morgan fingerprint density at radius 2 is 2.25 bits per heavy atom. The number of aromatic nitrogens is 2. The molecule has 1 amide bonds. The van der Waals surface area contributed by atoms with Crippen LogP contribution in [0.5, 0.6) is 0 Å². The zero-order valence-corrected chi connectivity index (χ0v) is 16.7. The Balaban J connectivity index is 1.63. The number of nitrogens with two attached hydrogens (primary N) is 1. The summed E-state index contributed by atoms with van der Waals surface area (Å²) in [5.41, 5.74) is 3.56. The van der Waals surface area contributed by atoms with E-state index in [4.69, 9.17) is 15.6 Å². The zero-order valence-electron chi connectivity index (χ0n) is 15.8. The predicted octanol–water partition coefficient (Wildman–Crippen LogP) is 2.97. The first-order chi connectivity index (χ1) is 13.4. The summed E-state index contributed by atoms with van der Waals surface area (Å²) >= 11 is 1.36. The highest BCUT2D eigenvalue weighted by molar-refractivity contribution is 7.22. The van der Waals surface area contributed by atoms with E-state index >= 15 is 0 Å². The molecule has 2 N–H and O–H groups in total. The standard InChI is InChI=1S/C19H20N6O2S/c1-10-17(12(3)27-23-10)13-4-5-15-16(8-13)28-19(22-15)25(21)18(26)14-6-7-24(9-20)11(14)2/h4-5,8,11,14H,6-7,21H2,1-3H3/t11-,14-/m0/s1. The number of carbonyl (C=O) groups excluding carboxylic acids is 1. The van der Waals surface area contributed by atoms with Crippen molar-refractivity contribution in [2.75, 3.05) is 11.6 Å². The van der Waals surface area contributed by atoms with Gasteiger partial charge in [0.1, 0.15) is 5.76 Å². The Morgan fingerprint density at radius 3 is 2.89 bits per heavy atom. The molecule has 144 valence electrons. The lowest BCUT2D eigenvalue weighted by atomic mass is 10.0. The molecule has 1 fully saturated rings. The summed E-state index contributed by atoms with van der Waals surface area (Å²) in [6, 6.07) is 5.72. The molecule has 1 saturated heterocycles. The van der Waals surface area contributed by atoms with Crippen molar-refractivity contribution in [1.82, 2.24) is 15.0 Å². The van der Waals surface area contributed by atoms with Crippen molar-refractivity contribution in [3.05, 3.63) is 29.7 Å². The number of hydrogen-bond donors (Lipinski definition) is 1. The van der Waals surface area contributed by atoms with E-state index in [1.54, 1.807) is 4.90 Å². The van der Waals surface area contributed by atoms with Crippen LogP contribution in [0.4, 0.5) is 5.13 Å². The van der Waals surface area contributed by atoms with Gasteiger partial charge in [0.2, 0.25) is 11.0 Å². The van der Waals surface area contributed by atoms with E-state index in [2.05, 4.69) is 16.3 Å². The van der Waals surface area contributed by atoms with Gasteiger partial charge in [-0.1, -0.05) is 22.6 Å². The highest BCUT2D eigenvalue weighted by Gasteiger charge is 2.38. The number of amides is 1. The van der Waals surface area contributed by atoms with Crippen LogP contribution in [-0.2, 0) is 4.79 Å². The average molecular weight is 396 g/mol. The molecule has 2 atom stereocenters. The summed E-state index contributed by atoms with van der Waals surface area (Å²) < 4.78 is 6.18. The molecular weight excluding hydrogens is 376 g/mol. The molecule has 1 aliphatic rings. The van der Waals surface area contributed by atoms with Gasteiger partial charge in [-0.2, -0.15) is 5.26 Å². The normalized spacial score (nSPS) is 19.2. The van der Waals surface area contributed by atoms with Crippen molar-refractivity contribution >= 4 is 32.6 Å². The highest BCUT2D eigenvalue weighted by Crippen LogP contribution is 2.35. The number of aryl methyl sites for hydroxylation is 2. The van der Waals surface area contributed by atoms with Crippen molar-refractivity contribution in [2.45, 2.75) is 33.2 Å². The number of benzene rings is 1. The lowest BCUT2D eigenvalue weighted by molar-refractivity contribution is -0.122. The van der Waals surface area contributed by atoms with Crippen LogP contribution in [0.3, 0.4) is 0 Å². The third-order valence-electron chi connectivity index (χ3n) is 5.34. The molecule has 3 aromatic rings. The maximum atomic E-state index is 12.8. The third kappa shape index (κ3) is 2.91. The highest BCUT2D eigenvalue weighted by atomic mass is 32.1. The smallest absolute Gasteiger partial charge is 0.248 e. The molecule has 1 aromatic carbocycles. The molecular formula is C19H20N6O2S. The molecule has 2 aromatic heterocycles. The van der Waals surface area contributed by atoms with Crippen LogP contribution in [0.15, 0.2) is 22.7 Å². The molecule has 3 heterocycles. The van der Waals surface area contributed by atoms with Crippen molar-refractivity contribution in [3.8, 4) is 17.3 Å². The van der Waals surface area contributed by atoms with Crippen LogP contribution < -0.4 is 10.9 Å². The molecule has 0 saturated carbocycles. The molecule has 9 heteroatoms. The third-order valence-corrected chi connectivity index (χ3v) is 6.36. The molecule has 0 bridgehead atoms. The molecule has 28 heavy (non-hydrogen) atoms. The quantitative estimate of drug-likeness (QED) is 0.313. The van der Waals surface area contributed by atoms with Gasteiger partial charge in [-0.05, 0) is 44.9 Å². The summed E-state index contributed by atoms with van der Waals surface area (Å²) in [4.78, 5) is 19.0. The van der Waals surface area contributed by atoms with Gasteiger partial charge >= 0.3 is 0 Å². The minimum Gasteiger partial charge on any atom is -0.361 e. The van der Waals surface area contributed by atoms with Gasteiger partial charge in [-0.25, -0.2) is 15.8 Å². The van der Waals surface area contributed by atoms with Crippen LogP contribution in [0, 0.1) is 31.2 Å². The van der Waals surface area contributed by atoms with Crippen LogP contribution in [0.25, 0.3) is 21.3 Å². The van der Waals surface area contributed by atoms with Gasteiger partial charge in [0.05, 0.1) is 21.8 Å². The molecule has 1 aliphatic heterocycles. The number of anilines is 1. The topological polar surface area (TPSA) is 112 Å². The number of hydrogen-bond acceptors (Lipinski definition) is 8. The van der Waals surface area contributed by atoms with E-state index in [0.717, 1.165) is 37.8 Å². The first-order valence-electron chi connectivity index (χ1n) is 8.99. The maximum Gasteiger partial charge on any atom is 0.248 e. The largest absolute Gasteiger partial charge is 0.361 e. The fraction of sp³-hybridized carbons (Fsp3) is 0.368. The Morgan fingerprint density at radius 1 is 1.46 bits per heavy atom. The predicted molar refractivity (Wildman–Crippen MR) is 106 cm³/mol. The molecule has 0 spiro atoms. The van der Waals surface area contributed by atoms with Crippen LogP contribution in [0.2, 0.25) is 0 Å². The van der Waals surface area contributed by atoms with Gasteiger partial charge < -0.3 is 9.42 Å². The summed E-state index contributed by atoms with van der Waals surface area (Å²) in [6.07, 6.45) is 2.74. The number of nitrogens with zero attached hydrogens (tertiary/aromatic N) is 5. The minimum absolute atomic E-state index is 0.163. The van der Waals surface area contributed by atoms with E-state index < -0.39 is 0 Å². The van der Waals surface area contributed by atoms with Gasteiger partial charge in [0.15, 0.2) is 6.19 Å². The van der Waals surface area contributed by atoms with Crippen molar-refractivity contribution in [2.24, 2.45) is 11.8 Å². The van der Waals surface area contributed by atoms with Gasteiger partial charge in [0.25, 0.3) is 0 Å². The number of rotatable bonds is 3. The fourth-order valence-corrected chi connectivity index (χ4v) is 4.68. The van der Waals surface area contributed by atoms with E-state index in [1.807, 2.05) is 39.0 Å². The van der Waals surface area contributed by atoms with E-state index in [1.165, 1.54) is 11.3 Å². The number of thiazole rings is 1. The van der Waals surface area contributed by atoms with Crippen LogP contribution in [0.1, 0.15) is 24.8 Å². The zero-order chi connectivity index (χ0) is 20.0. The SMILES string of the molecule is Cc1noc(C)c1-c1ccc2nc(N(N)C(=O)[C@H]3CCN(C#N)[C@H]3C)sc2c1. The summed E-state index contributed by atoms with van der Waals surface area (Å²) in [7, 11) is 0. The number of fused-ring (bicyclic) bond motifs is 1. The number of likely N-dealkylation sites (tertiary alicyclic amines) is 1. The van der Waals surface area contributed by atoms with E-state index in [-0.39, 0.29) is 17.9 Å². The van der Waals surface area contributed by atoms with Gasteiger partial charge in [0, 0.05) is 18.2 Å². The monoisotopic (exact) mass is 396 g/mol. The Hall–Kier alpha value is -2.96. The minimum atomic E-state index is -0.311. The Kier molecular flexibility index (Phi) is 4.53. The van der Waals surface area contributed by atoms with Crippen LogP contribution >= 0.6 is 11.3 Å². The van der Waals surface area contributed by atoms with E-state index in [0.29, 0.717) is 18.1 Å². The maximum absolute atomic E-state index is 12.8. The number of carbonyl (C=O) groups is 1. The number of hydrazine groups is 1. The Bertz CT molecular complexity index is 1080. The lowest BCUT2D eigenvalue weighted by Gasteiger charge is -2.22. The first kappa shape index (κ1) is 18.4. The lowest BCUT2D eigenvalue weighted by Crippen LogP contribution is -2.44. The van der Waals surface area contributed by atoms with Gasteiger partial charge in [-0.15, -0.1) is 0 Å². The Labute approximate surface area is 166 Å². The molecule has 0 aliphatic carbocycles. The number of nitriles is 1. The van der Waals surface area contributed by atoms with E-state index in [9.17, 15) is 4.79 Å². The van der Waals surface area contributed by atoms with Crippen molar-refractivity contribution in [1.29, 1.82) is 5.26 Å². The molecule has 8 nitrogen and oxygen atoms in total. The van der Waals surface area contributed by atoms with Gasteiger partial charge in [-0.3, -0.25) is 4.79 Å². The molecule has 0 radical (unpaired) electrons.